The molecule has 1 aliphatic heterocycles. The van der Waals surface area contributed by atoms with Crippen molar-refractivity contribution in [3.63, 3.8) is 0 Å². The molecule has 202 valence electrons. The van der Waals surface area contributed by atoms with Gasteiger partial charge in [0, 0.05) is 47.7 Å². The number of aryl methyl sites for hydroxylation is 1. The number of thiocarbonyl (C=S) groups is 1. The maximum absolute atomic E-state index is 6.56. The second-order valence-corrected chi connectivity index (χ2v) is 10.5. The summed E-state index contributed by atoms with van der Waals surface area (Å²) in [5.74, 6) is 0.627. The van der Waals surface area contributed by atoms with Crippen molar-refractivity contribution in [2.75, 3.05) is 30.0 Å². The molecule has 1 saturated heterocycles. The molecule has 0 amide bonds. The number of hydrogen-bond donors (Lipinski definition) is 1. The Hall–Kier alpha value is -3.55. The van der Waals surface area contributed by atoms with E-state index in [-0.39, 0.29) is 12.1 Å². The van der Waals surface area contributed by atoms with Crippen molar-refractivity contribution in [2.45, 2.75) is 39.8 Å². The van der Waals surface area contributed by atoms with Gasteiger partial charge in [0.15, 0.2) is 5.11 Å². The first-order chi connectivity index (χ1) is 18.9. The highest BCUT2D eigenvalue weighted by Crippen LogP contribution is 2.45. The lowest BCUT2D eigenvalue weighted by Gasteiger charge is -2.28. The van der Waals surface area contributed by atoms with E-state index in [4.69, 9.17) is 33.5 Å². The lowest BCUT2D eigenvalue weighted by molar-refractivity contribution is 0.415. The van der Waals surface area contributed by atoms with E-state index in [1.54, 1.807) is 7.11 Å². The van der Waals surface area contributed by atoms with Crippen molar-refractivity contribution < 1.29 is 4.74 Å². The Kier molecular flexibility index (Phi) is 7.82. The number of pyridine rings is 1. The molecule has 8 heteroatoms. The molecule has 1 aliphatic rings. The van der Waals surface area contributed by atoms with Gasteiger partial charge in [-0.25, -0.2) is 0 Å². The summed E-state index contributed by atoms with van der Waals surface area (Å²) in [5, 5.41) is 4.72. The SMILES string of the molecule is CCN(CC)c1ccc(-n2c(C)cc([C@H]3[C@@H](c4ccccn4)NC(=S)N3c3ccc(OC)c(Cl)c3)c2C)cc1. The average molecular weight is 560 g/mol. The molecule has 2 aromatic heterocycles. The zero-order chi connectivity index (χ0) is 27.7. The largest absolute Gasteiger partial charge is 0.495 e. The third-order valence-electron chi connectivity index (χ3n) is 7.54. The quantitative estimate of drug-likeness (QED) is 0.231. The smallest absolute Gasteiger partial charge is 0.174 e. The fraction of sp³-hybridized carbons (Fsp3) is 0.290. The fourth-order valence-electron chi connectivity index (χ4n) is 5.64. The fourth-order valence-corrected chi connectivity index (χ4v) is 6.24. The molecular weight excluding hydrogens is 526 g/mol. The van der Waals surface area contributed by atoms with Gasteiger partial charge in [0.1, 0.15) is 5.75 Å². The first-order valence-corrected chi connectivity index (χ1v) is 14.0. The number of nitrogens with zero attached hydrogens (tertiary/aromatic N) is 4. The molecule has 0 spiro atoms. The zero-order valence-corrected chi connectivity index (χ0v) is 24.6. The van der Waals surface area contributed by atoms with Crippen LogP contribution in [0.1, 0.15) is 48.6 Å². The number of ether oxygens (including phenoxy) is 1. The lowest BCUT2D eigenvalue weighted by atomic mass is 9.96. The molecule has 6 nitrogen and oxygen atoms in total. The minimum absolute atomic E-state index is 0.133. The summed E-state index contributed by atoms with van der Waals surface area (Å²) >= 11 is 12.5. The van der Waals surface area contributed by atoms with Gasteiger partial charge in [-0.2, -0.15) is 0 Å². The third kappa shape index (κ3) is 4.97. The maximum Gasteiger partial charge on any atom is 0.174 e. The number of methoxy groups -OCH3 is 1. The van der Waals surface area contributed by atoms with Crippen molar-refractivity contribution >= 4 is 40.3 Å². The first-order valence-electron chi connectivity index (χ1n) is 13.3. The Balaban J connectivity index is 1.62. The van der Waals surface area contributed by atoms with E-state index < -0.39 is 0 Å². The third-order valence-corrected chi connectivity index (χ3v) is 8.15. The summed E-state index contributed by atoms with van der Waals surface area (Å²) in [7, 11) is 1.62. The van der Waals surface area contributed by atoms with Gasteiger partial charge in [0.05, 0.1) is 29.9 Å². The van der Waals surface area contributed by atoms with E-state index in [9.17, 15) is 0 Å². The highest BCUT2D eigenvalue weighted by atomic mass is 35.5. The number of rotatable bonds is 8. The summed E-state index contributed by atoms with van der Waals surface area (Å²) in [6, 6.07) is 22.6. The van der Waals surface area contributed by atoms with Crippen LogP contribution in [0.15, 0.2) is 72.9 Å². The number of benzene rings is 2. The van der Waals surface area contributed by atoms with Gasteiger partial charge in [-0.05, 0) is 106 Å². The summed E-state index contributed by atoms with van der Waals surface area (Å²) in [4.78, 5) is 9.20. The van der Waals surface area contributed by atoms with Crippen LogP contribution in [-0.2, 0) is 0 Å². The van der Waals surface area contributed by atoms with Gasteiger partial charge < -0.3 is 24.4 Å². The van der Waals surface area contributed by atoms with Crippen LogP contribution in [0.3, 0.4) is 0 Å². The molecule has 2 atom stereocenters. The van der Waals surface area contributed by atoms with Gasteiger partial charge in [0.2, 0.25) is 0 Å². The summed E-state index contributed by atoms with van der Waals surface area (Å²) in [5.41, 5.74) is 7.68. The van der Waals surface area contributed by atoms with Crippen LogP contribution in [0.4, 0.5) is 11.4 Å². The van der Waals surface area contributed by atoms with Crippen LogP contribution < -0.4 is 19.9 Å². The van der Waals surface area contributed by atoms with Gasteiger partial charge in [-0.1, -0.05) is 17.7 Å². The van der Waals surface area contributed by atoms with E-state index in [0.717, 1.165) is 41.5 Å². The van der Waals surface area contributed by atoms with Crippen LogP contribution in [0.25, 0.3) is 5.69 Å². The molecule has 0 saturated carbocycles. The molecule has 1 fully saturated rings. The minimum atomic E-state index is -0.140. The Labute approximate surface area is 241 Å². The van der Waals surface area contributed by atoms with Crippen LogP contribution in [0.5, 0.6) is 5.75 Å². The molecule has 4 aromatic rings. The minimum Gasteiger partial charge on any atom is -0.495 e. The Morgan fingerprint density at radius 3 is 2.33 bits per heavy atom. The molecule has 0 radical (unpaired) electrons. The van der Waals surface area contributed by atoms with Crippen LogP contribution in [0.2, 0.25) is 5.02 Å². The Morgan fingerprint density at radius 1 is 1.00 bits per heavy atom. The topological polar surface area (TPSA) is 45.6 Å². The predicted octanol–water partition coefficient (Wildman–Crippen LogP) is 7.17. The van der Waals surface area contributed by atoms with E-state index in [0.29, 0.717) is 15.9 Å². The number of halogens is 1. The van der Waals surface area contributed by atoms with E-state index >= 15 is 0 Å². The average Bonchev–Trinajstić information content (AvgIpc) is 3.45. The highest BCUT2D eigenvalue weighted by molar-refractivity contribution is 7.80. The second-order valence-electron chi connectivity index (χ2n) is 9.67. The van der Waals surface area contributed by atoms with Crippen molar-refractivity contribution in [1.82, 2.24) is 14.9 Å². The standard InChI is InChI=1S/C31H34ClN5OS/c1-6-35(7-2)22-11-13-23(14-12-22)36-20(3)18-25(21(36)4)30-29(27-10-8-9-17-33-27)34-31(39)37(30)24-15-16-28(38-5)26(32)19-24/h8-19,29-30H,6-7H2,1-5H3,(H,34,39)/t29-,30+/m1/s1. The van der Waals surface area contributed by atoms with Crippen LogP contribution in [-0.4, -0.2) is 34.9 Å². The highest BCUT2D eigenvalue weighted by Gasteiger charge is 2.42. The monoisotopic (exact) mass is 559 g/mol. The van der Waals surface area contributed by atoms with Crippen molar-refractivity contribution in [1.29, 1.82) is 0 Å². The van der Waals surface area contributed by atoms with Crippen LogP contribution >= 0.6 is 23.8 Å². The van der Waals surface area contributed by atoms with Crippen molar-refractivity contribution in [3.8, 4) is 11.4 Å². The molecule has 3 heterocycles. The summed E-state index contributed by atoms with van der Waals surface area (Å²) in [6.45, 7) is 10.7. The van der Waals surface area contributed by atoms with E-state index in [1.807, 2.05) is 42.6 Å². The molecule has 2 aromatic carbocycles. The number of aromatic nitrogens is 2. The van der Waals surface area contributed by atoms with Gasteiger partial charge >= 0.3 is 0 Å². The lowest BCUT2D eigenvalue weighted by Crippen LogP contribution is -2.29. The van der Waals surface area contributed by atoms with Crippen molar-refractivity contribution in [2.24, 2.45) is 0 Å². The molecule has 0 unspecified atom stereocenters. The zero-order valence-electron chi connectivity index (χ0n) is 23.0. The van der Waals surface area contributed by atoms with Gasteiger partial charge in [-0.15, -0.1) is 0 Å². The molecule has 0 aliphatic carbocycles. The Morgan fingerprint density at radius 2 is 1.72 bits per heavy atom. The van der Waals surface area contributed by atoms with Crippen molar-refractivity contribution in [3.05, 3.63) is 101 Å². The number of nitrogens with one attached hydrogen (secondary N) is 1. The summed E-state index contributed by atoms with van der Waals surface area (Å²) < 4.78 is 7.72. The van der Waals surface area contributed by atoms with E-state index in [2.05, 4.69) is 77.7 Å². The Bertz CT molecular complexity index is 1470. The molecule has 0 bridgehead atoms. The number of anilines is 2. The van der Waals surface area contributed by atoms with Crippen LogP contribution in [0, 0.1) is 13.8 Å². The van der Waals surface area contributed by atoms with Gasteiger partial charge in [-0.3, -0.25) is 4.98 Å². The maximum atomic E-state index is 6.56. The van der Waals surface area contributed by atoms with E-state index in [1.165, 1.54) is 11.3 Å². The van der Waals surface area contributed by atoms with Gasteiger partial charge in [0.25, 0.3) is 0 Å². The predicted molar refractivity (Wildman–Crippen MR) is 165 cm³/mol. The summed E-state index contributed by atoms with van der Waals surface area (Å²) in [6.07, 6.45) is 1.82. The second kappa shape index (κ2) is 11.3. The molecule has 5 rings (SSSR count). The first kappa shape index (κ1) is 27.0. The normalized spacial score (nSPS) is 16.9. The molecule has 1 N–H and O–H groups in total. The molecule has 39 heavy (non-hydrogen) atoms. The molecular formula is C31H34ClN5OS. The number of hydrogen-bond acceptors (Lipinski definition) is 4.